The lowest BCUT2D eigenvalue weighted by Crippen LogP contribution is -2.34. The van der Waals surface area contributed by atoms with Gasteiger partial charge < -0.3 is 5.32 Å². The van der Waals surface area contributed by atoms with Gasteiger partial charge >= 0.3 is 6.03 Å². The van der Waals surface area contributed by atoms with Crippen LogP contribution in [0.4, 0.5) is 10.6 Å². The van der Waals surface area contributed by atoms with Crippen molar-refractivity contribution in [2.45, 2.75) is 53.1 Å². The quantitative estimate of drug-likeness (QED) is 0.824. The molecule has 2 aromatic heterocycles. The number of amides is 2. The van der Waals surface area contributed by atoms with Gasteiger partial charge in [0, 0.05) is 24.8 Å². The predicted molar refractivity (Wildman–Crippen MR) is 90.6 cm³/mol. The highest BCUT2D eigenvalue weighted by atomic mass is 16.2. The van der Waals surface area contributed by atoms with E-state index in [1.54, 1.807) is 12.3 Å². The van der Waals surface area contributed by atoms with E-state index in [0.29, 0.717) is 6.54 Å². The van der Waals surface area contributed by atoms with Crippen LogP contribution in [0, 0.1) is 13.8 Å². The van der Waals surface area contributed by atoms with E-state index in [1.165, 1.54) is 0 Å². The Morgan fingerprint density at radius 1 is 1.39 bits per heavy atom. The normalized spacial score (nSPS) is 12.2. The number of unbranched alkanes of at least 4 members (excludes halogenated alkanes) is 1. The molecule has 0 radical (unpaired) electrons. The zero-order valence-electron chi connectivity index (χ0n) is 14.3. The van der Waals surface area contributed by atoms with Crippen molar-refractivity contribution in [3.8, 4) is 0 Å². The zero-order chi connectivity index (χ0) is 16.8. The maximum absolute atomic E-state index is 12.1. The highest BCUT2D eigenvalue weighted by molar-refractivity contribution is 5.88. The van der Waals surface area contributed by atoms with Crippen LogP contribution in [0.3, 0.4) is 0 Å². The first kappa shape index (κ1) is 17.1. The van der Waals surface area contributed by atoms with E-state index in [9.17, 15) is 4.79 Å². The van der Waals surface area contributed by atoms with E-state index in [-0.39, 0.29) is 12.1 Å². The van der Waals surface area contributed by atoms with E-state index in [4.69, 9.17) is 0 Å². The standard InChI is InChI=1S/C16H26N6O/c1-5-6-9-21-15(7-8-18-21)19-16(23)17-11-14(4)22-13(3)10-12(2)20-22/h7-8,10,14H,5-6,9,11H2,1-4H3,(H2,17,19,23)/t14-/m1/s1. The summed E-state index contributed by atoms with van der Waals surface area (Å²) in [6.07, 6.45) is 3.82. The molecule has 2 amide bonds. The van der Waals surface area contributed by atoms with Crippen molar-refractivity contribution >= 4 is 11.8 Å². The maximum atomic E-state index is 12.1. The summed E-state index contributed by atoms with van der Waals surface area (Å²) in [7, 11) is 0. The van der Waals surface area contributed by atoms with Crippen molar-refractivity contribution in [1.82, 2.24) is 24.9 Å². The van der Waals surface area contributed by atoms with Crippen LogP contribution in [-0.2, 0) is 6.54 Å². The molecule has 7 heteroatoms. The fourth-order valence-electron chi connectivity index (χ4n) is 2.50. The Labute approximate surface area is 137 Å². The van der Waals surface area contributed by atoms with Crippen LogP contribution in [-0.4, -0.2) is 32.1 Å². The Morgan fingerprint density at radius 2 is 2.17 bits per heavy atom. The highest BCUT2D eigenvalue weighted by Crippen LogP contribution is 2.10. The molecule has 1 atom stereocenters. The number of hydrogen-bond donors (Lipinski definition) is 2. The minimum absolute atomic E-state index is 0.0967. The van der Waals surface area contributed by atoms with E-state index >= 15 is 0 Å². The second-order valence-corrected chi connectivity index (χ2v) is 5.85. The smallest absolute Gasteiger partial charge is 0.320 e. The summed E-state index contributed by atoms with van der Waals surface area (Å²) in [5.41, 5.74) is 2.08. The molecule has 0 fully saturated rings. The lowest BCUT2D eigenvalue weighted by molar-refractivity contribution is 0.250. The molecule has 0 unspecified atom stereocenters. The number of anilines is 1. The average Bonchev–Trinajstić information content (AvgIpc) is 3.08. The van der Waals surface area contributed by atoms with Gasteiger partial charge in [0.2, 0.25) is 0 Å². The molecule has 2 heterocycles. The van der Waals surface area contributed by atoms with E-state index in [1.807, 2.05) is 36.2 Å². The third kappa shape index (κ3) is 4.58. The first-order chi connectivity index (χ1) is 11.0. The van der Waals surface area contributed by atoms with Crippen LogP contribution >= 0.6 is 0 Å². The number of hydrogen-bond acceptors (Lipinski definition) is 3. The number of rotatable bonds is 7. The molecule has 2 aromatic rings. The molecule has 0 aliphatic rings. The first-order valence-electron chi connectivity index (χ1n) is 8.10. The summed E-state index contributed by atoms with van der Waals surface area (Å²) < 4.78 is 3.74. The zero-order valence-corrected chi connectivity index (χ0v) is 14.3. The Balaban J connectivity index is 1.85. The van der Waals surface area contributed by atoms with Crippen LogP contribution in [0.25, 0.3) is 0 Å². The van der Waals surface area contributed by atoms with Crippen molar-refractivity contribution in [3.63, 3.8) is 0 Å². The van der Waals surface area contributed by atoms with Gasteiger partial charge in [-0.15, -0.1) is 0 Å². The molecule has 0 aliphatic heterocycles. The Hall–Kier alpha value is -2.31. The van der Waals surface area contributed by atoms with Gasteiger partial charge in [0.1, 0.15) is 5.82 Å². The first-order valence-corrected chi connectivity index (χ1v) is 8.10. The van der Waals surface area contributed by atoms with Gasteiger partial charge in [-0.25, -0.2) is 9.48 Å². The fourth-order valence-corrected chi connectivity index (χ4v) is 2.50. The third-order valence-electron chi connectivity index (χ3n) is 3.70. The second kappa shape index (κ2) is 7.80. The SMILES string of the molecule is CCCCn1nccc1NC(=O)NC[C@@H](C)n1nc(C)cc1C. The van der Waals surface area contributed by atoms with Gasteiger partial charge in [-0.1, -0.05) is 13.3 Å². The van der Waals surface area contributed by atoms with Crippen LogP contribution in [0.15, 0.2) is 18.3 Å². The lowest BCUT2D eigenvalue weighted by Gasteiger charge is -2.16. The number of aryl methyl sites for hydroxylation is 3. The maximum Gasteiger partial charge on any atom is 0.320 e. The molecule has 0 aromatic carbocycles. The van der Waals surface area contributed by atoms with Crippen molar-refractivity contribution in [2.24, 2.45) is 0 Å². The summed E-state index contributed by atoms with van der Waals surface area (Å²) >= 11 is 0. The number of carbonyl (C=O) groups is 1. The summed E-state index contributed by atoms with van der Waals surface area (Å²) in [5, 5.41) is 14.4. The Bertz CT molecular complexity index is 645. The number of nitrogens with zero attached hydrogens (tertiary/aromatic N) is 4. The van der Waals surface area contributed by atoms with Crippen molar-refractivity contribution < 1.29 is 4.79 Å². The van der Waals surface area contributed by atoms with Crippen molar-refractivity contribution in [3.05, 3.63) is 29.7 Å². The van der Waals surface area contributed by atoms with E-state index < -0.39 is 0 Å². The fraction of sp³-hybridized carbons (Fsp3) is 0.562. The molecule has 0 bridgehead atoms. The molecular weight excluding hydrogens is 292 g/mol. The largest absolute Gasteiger partial charge is 0.336 e. The van der Waals surface area contributed by atoms with Gasteiger partial charge in [-0.3, -0.25) is 10.00 Å². The van der Waals surface area contributed by atoms with Crippen LogP contribution < -0.4 is 10.6 Å². The lowest BCUT2D eigenvalue weighted by atomic mass is 10.3. The van der Waals surface area contributed by atoms with Crippen LogP contribution in [0.1, 0.15) is 44.1 Å². The molecule has 23 heavy (non-hydrogen) atoms. The molecule has 0 spiro atoms. The molecule has 7 nitrogen and oxygen atoms in total. The van der Waals surface area contributed by atoms with Gasteiger partial charge in [0.05, 0.1) is 17.9 Å². The summed E-state index contributed by atoms with van der Waals surface area (Å²) in [6.45, 7) is 9.46. The summed E-state index contributed by atoms with van der Waals surface area (Å²) in [5.74, 6) is 0.717. The van der Waals surface area contributed by atoms with Crippen LogP contribution in [0.2, 0.25) is 0 Å². The monoisotopic (exact) mass is 318 g/mol. The molecule has 2 rings (SSSR count). The van der Waals surface area contributed by atoms with Gasteiger partial charge in [0.25, 0.3) is 0 Å². The molecule has 0 saturated heterocycles. The topological polar surface area (TPSA) is 76.8 Å². The minimum atomic E-state index is -0.225. The highest BCUT2D eigenvalue weighted by Gasteiger charge is 2.12. The van der Waals surface area contributed by atoms with E-state index in [2.05, 4.69) is 27.8 Å². The summed E-state index contributed by atoms with van der Waals surface area (Å²) in [4.78, 5) is 12.1. The number of carbonyl (C=O) groups excluding carboxylic acids is 1. The second-order valence-electron chi connectivity index (χ2n) is 5.85. The van der Waals surface area contributed by atoms with Gasteiger partial charge in [-0.05, 0) is 33.3 Å². The number of urea groups is 1. The Morgan fingerprint density at radius 3 is 2.83 bits per heavy atom. The molecule has 0 aliphatic carbocycles. The van der Waals surface area contributed by atoms with Crippen LogP contribution in [0.5, 0.6) is 0 Å². The molecule has 2 N–H and O–H groups in total. The van der Waals surface area contributed by atoms with Gasteiger partial charge in [-0.2, -0.15) is 10.2 Å². The summed E-state index contributed by atoms with van der Waals surface area (Å²) in [6, 6.07) is 3.71. The van der Waals surface area contributed by atoms with Crippen molar-refractivity contribution in [2.75, 3.05) is 11.9 Å². The molecular formula is C16H26N6O. The number of nitrogens with one attached hydrogen (secondary N) is 2. The average molecular weight is 318 g/mol. The molecule has 126 valence electrons. The van der Waals surface area contributed by atoms with Crippen molar-refractivity contribution in [1.29, 1.82) is 0 Å². The van der Waals surface area contributed by atoms with Gasteiger partial charge in [0.15, 0.2) is 0 Å². The third-order valence-corrected chi connectivity index (χ3v) is 3.70. The minimum Gasteiger partial charge on any atom is -0.336 e. The molecule has 0 saturated carbocycles. The predicted octanol–water partition coefficient (Wildman–Crippen LogP) is 2.88. The van der Waals surface area contributed by atoms with E-state index in [0.717, 1.165) is 36.6 Å². The number of aromatic nitrogens is 4. The Kier molecular flexibility index (Phi) is 5.78.